The maximum Gasteiger partial charge on any atom is 0.196 e. The van der Waals surface area contributed by atoms with Gasteiger partial charge in [-0.3, -0.25) is 19.2 Å². The number of rotatable bonds is 10. The Hall–Kier alpha value is -4.46. The second-order valence-corrected chi connectivity index (χ2v) is 7.44. The Balaban J connectivity index is 1.79. The molecule has 0 aromatic heterocycles. The van der Waals surface area contributed by atoms with E-state index in [1.54, 1.807) is 78.9 Å². The normalized spacial score (nSPS) is 13.0. The third kappa shape index (κ3) is 6.29. The van der Waals surface area contributed by atoms with Crippen molar-refractivity contribution in [1.29, 1.82) is 0 Å². The molecule has 0 aliphatic rings. The average Bonchev–Trinajstić information content (AvgIpc) is 2.85. The van der Waals surface area contributed by atoms with Gasteiger partial charge in [-0.25, -0.2) is 0 Å². The van der Waals surface area contributed by atoms with Crippen molar-refractivity contribution in [3.8, 4) is 0 Å². The lowest BCUT2D eigenvalue weighted by Gasteiger charge is -2.07. The molecule has 3 rings (SSSR count). The fraction of sp³-hybridized carbons (Fsp3) is 0.154. The first-order chi connectivity index (χ1) is 16.4. The number of Topliss-reactive ketones (excluding diaryl/α,β-unsaturated/α-hetero) is 4. The van der Waals surface area contributed by atoms with Gasteiger partial charge >= 0.3 is 0 Å². The molecule has 2 atom stereocenters. The number of hydrogen-bond donors (Lipinski definition) is 0. The topological polar surface area (TPSA) is 118 Å². The summed E-state index contributed by atoms with van der Waals surface area (Å²) in [5, 5.41) is 16.0. The summed E-state index contributed by atoms with van der Waals surface area (Å²) >= 11 is 0. The van der Waals surface area contributed by atoms with Crippen LogP contribution in [0.5, 0.6) is 0 Å². The molecule has 0 spiro atoms. The molecular weight excluding hydrogens is 432 g/mol. The van der Waals surface area contributed by atoms with E-state index >= 15 is 0 Å². The summed E-state index contributed by atoms with van der Waals surface area (Å²) in [6, 6.07) is 20.6. The number of benzene rings is 3. The molecule has 0 N–H and O–H groups in total. The molecule has 3 aromatic rings. The number of carbonyl (C=O) groups is 4. The van der Waals surface area contributed by atoms with Gasteiger partial charge in [-0.1, -0.05) is 66.7 Å². The van der Waals surface area contributed by atoms with Crippen LogP contribution in [0.2, 0.25) is 0 Å². The first-order valence-electron chi connectivity index (χ1n) is 10.5. The van der Waals surface area contributed by atoms with E-state index in [0.29, 0.717) is 22.5 Å². The summed E-state index contributed by atoms with van der Waals surface area (Å²) in [7, 11) is 0. The van der Waals surface area contributed by atoms with E-state index in [0.717, 1.165) is 0 Å². The first-order valence-corrected chi connectivity index (χ1v) is 10.5. The summed E-state index contributed by atoms with van der Waals surface area (Å²) in [6.07, 6.45) is 0. The van der Waals surface area contributed by atoms with Crippen LogP contribution >= 0.6 is 0 Å². The molecular formula is C26H22N4O4. The van der Waals surface area contributed by atoms with E-state index in [9.17, 15) is 19.2 Å². The smallest absolute Gasteiger partial charge is 0.196 e. The molecule has 0 aliphatic heterocycles. The van der Waals surface area contributed by atoms with E-state index in [-0.39, 0.29) is 0 Å². The Bertz CT molecular complexity index is 1160. The van der Waals surface area contributed by atoms with Crippen LogP contribution in [0.25, 0.3) is 0 Å². The lowest BCUT2D eigenvalue weighted by molar-refractivity contribution is -0.118. The van der Waals surface area contributed by atoms with E-state index in [4.69, 9.17) is 0 Å². The zero-order chi connectivity index (χ0) is 24.5. The molecule has 0 saturated carbocycles. The van der Waals surface area contributed by atoms with Crippen molar-refractivity contribution in [1.82, 2.24) is 0 Å². The van der Waals surface area contributed by atoms with Gasteiger partial charge in [-0.05, 0) is 32.0 Å². The molecule has 0 amide bonds. The highest BCUT2D eigenvalue weighted by molar-refractivity contribution is 6.14. The van der Waals surface area contributed by atoms with Crippen molar-refractivity contribution < 1.29 is 19.2 Å². The summed E-state index contributed by atoms with van der Waals surface area (Å²) in [4.78, 5) is 49.2. The van der Waals surface area contributed by atoms with E-state index in [2.05, 4.69) is 20.5 Å². The zero-order valence-corrected chi connectivity index (χ0v) is 18.7. The third-order valence-electron chi connectivity index (χ3n) is 4.79. The van der Waals surface area contributed by atoms with Gasteiger partial charge in [0.25, 0.3) is 0 Å². The van der Waals surface area contributed by atoms with Crippen LogP contribution in [0.4, 0.5) is 11.4 Å². The molecule has 0 aliphatic carbocycles. The largest absolute Gasteiger partial charge is 0.297 e. The first kappa shape index (κ1) is 24.2. The number of hydrogen-bond acceptors (Lipinski definition) is 8. The Morgan fingerprint density at radius 1 is 0.559 bits per heavy atom. The van der Waals surface area contributed by atoms with Gasteiger partial charge in [0.05, 0.1) is 11.4 Å². The predicted molar refractivity (Wildman–Crippen MR) is 126 cm³/mol. The van der Waals surface area contributed by atoms with Gasteiger partial charge in [-0.2, -0.15) is 20.5 Å². The minimum absolute atomic E-state index is 0.331. The SMILES string of the molecule is CC(=O)C(N=Nc1cccc(N=NC(C(C)=O)C(=O)c2ccccc2)c1)C(=O)c1ccccc1. The third-order valence-corrected chi connectivity index (χ3v) is 4.79. The number of carbonyl (C=O) groups excluding carboxylic acids is 4. The predicted octanol–water partition coefficient (Wildman–Crippen LogP) is 5.54. The van der Waals surface area contributed by atoms with Crippen LogP contribution in [-0.4, -0.2) is 35.2 Å². The van der Waals surface area contributed by atoms with Gasteiger partial charge in [0, 0.05) is 11.1 Å². The average molecular weight is 454 g/mol. The summed E-state index contributed by atoms with van der Waals surface area (Å²) < 4.78 is 0. The molecule has 170 valence electrons. The van der Waals surface area contributed by atoms with Crippen molar-refractivity contribution in [2.24, 2.45) is 20.5 Å². The van der Waals surface area contributed by atoms with Crippen LogP contribution in [0.15, 0.2) is 105 Å². The van der Waals surface area contributed by atoms with Crippen LogP contribution in [0.3, 0.4) is 0 Å². The second kappa shape index (κ2) is 11.4. The molecule has 3 aromatic carbocycles. The maximum absolute atomic E-state index is 12.6. The van der Waals surface area contributed by atoms with Crippen molar-refractivity contribution in [3.63, 3.8) is 0 Å². The maximum atomic E-state index is 12.6. The van der Waals surface area contributed by atoms with Crippen LogP contribution in [0.1, 0.15) is 34.6 Å². The van der Waals surface area contributed by atoms with Crippen LogP contribution in [-0.2, 0) is 9.59 Å². The fourth-order valence-corrected chi connectivity index (χ4v) is 3.02. The van der Waals surface area contributed by atoms with E-state index in [1.165, 1.54) is 19.9 Å². The van der Waals surface area contributed by atoms with Gasteiger partial charge in [0.2, 0.25) is 0 Å². The highest BCUT2D eigenvalue weighted by atomic mass is 16.2. The van der Waals surface area contributed by atoms with Crippen molar-refractivity contribution >= 4 is 34.5 Å². The monoisotopic (exact) mass is 454 g/mol. The Morgan fingerprint density at radius 2 is 0.941 bits per heavy atom. The molecule has 8 heteroatoms. The van der Waals surface area contributed by atoms with Gasteiger partial charge in [0.1, 0.15) is 0 Å². The Labute approximate surface area is 196 Å². The number of nitrogens with zero attached hydrogens (tertiary/aromatic N) is 4. The second-order valence-electron chi connectivity index (χ2n) is 7.44. The van der Waals surface area contributed by atoms with Gasteiger partial charge in [0.15, 0.2) is 35.2 Å². The highest BCUT2D eigenvalue weighted by Crippen LogP contribution is 2.23. The summed E-state index contributed by atoms with van der Waals surface area (Å²) in [5.74, 6) is -1.76. The summed E-state index contributed by atoms with van der Waals surface area (Å²) in [5.41, 5.74) is 1.39. The summed E-state index contributed by atoms with van der Waals surface area (Å²) in [6.45, 7) is 2.56. The molecule has 34 heavy (non-hydrogen) atoms. The lowest BCUT2D eigenvalue weighted by Crippen LogP contribution is -2.26. The fourth-order valence-electron chi connectivity index (χ4n) is 3.02. The minimum Gasteiger partial charge on any atom is -0.297 e. The molecule has 0 radical (unpaired) electrons. The lowest BCUT2D eigenvalue weighted by atomic mass is 10.0. The minimum atomic E-state index is -1.27. The van der Waals surface area contributed by atoms with Crippen molar-refractivity contribution in [2.45, 2.75) is 25.9 Å². The standard InChI is InChI=1S/C26H22N4O4/c1-17(31)23(25(33)19-10-5-3-6-11-19)29-27-21-14-9-15-22(16-21)28-30-24(18(2)32)26(34)20-12-7-4-8-13-20/h3-16,23-24H,1-2H3. The molecule has 2 unspecified atom stereocenters. The Morgan fingerprint density at radius 3 is 1.29 bits per heavy atom. The van der Waals surface area contributed by atoms with Crippen molar-refractivity contribution in [2.75, 3.05) is 0 Å². The molecule has 0 heterocycles. The molecule has 8 nitrogen and oxygen atoms in total. The van der Waals surface area contributed by atoms with Crippen molar-refractivity contribution in [3.05, 3.63) is 96.1 Å². The van der Waals surface area contributed by atoms with Gasteiger partial charge < -0.3 is 0 Å². The van der Waals surface area contributed by atoms with Crippen LogP contribution < -0.4 is 0 Å². The highest BCUT2D eigenvalue weighted by Gasteiger charge is 2.25. The molecule has 0 bridgehead atoms. The van der Waals surface area contributed by atoms with E-state index < -0.39 is 35.2 Å². The molecule has 0 saturated heterocycles. The van der Waals surface area contributed by atoms with Gasteiger partial charge in [-0.15, -0.1) is 0 Å². The van der Waals surface area contributed by atoms with Crippen LogP contribution in [0, 0.1) is 0 Å². The zero-order valence-electron chi connectivity index (χ0n) is 18.7. The van der Waals surface area contributed by atoms with E-state index in [1.807, 2.05) is 0 Å². The Kier molecular flexibility index (Phi) is 8.12. The quantitative estimate of drug-likeness (QED) is 0.227. The number of azo groups is 2. The number of ketones is 4. The molecule has 0 fully saturated rings.